The Hall–Kier alpha value is -3.68. The van der Waals surface area contributed by atoms with E-state index in [1.165, 1.54) is 24.3 Å². The number of carboxylic acid groups (broad SMARTS) is 4. The van der Waals surface area contributed by atoms with Crippen molar-refractivity contribution in [1.82, 2.24) is 0 Å². The lowest BCUT2D eigenvalue weighted by molar-refractivity contribution is 0.0639. The molecule has 120 valence electrons. The standard InChI is InChI=1S/C16H8O8/c17-13(18)9-7-5-1-2-6(4-3-5)8(11(9)15(21)22)12(16(23)24)10(7)14(19)20/h1-4H,(H,17,18)(H,19,20)(H,21,22)(H,23,24). The van der Waals surface area contributed by atoms with Crippen LogP contribution >= 0.6 is 0 Å². The highest BCUT2D eigenvalue weighted by Crippen LogP contribution is 2.44. The van der Waals surface area contributed by atoms with Crippen LogP contribution in [0.2, 0.25) is 0 Å². The molecule has 0 saturated carbocycles. The maximum Gasteiger partial charge on any atom is 0.337 e. The number of aromatic carboxylic acids is 4. The van der Waals surface area contributed by atoms with E-state index in [4.69, 9.17) is 0 Å². The average Bonchev–Trinajstić information content (AvgIpc) is 2.47. The van der Waals surface area contributed by atoms with Crippen molar-refractivity contribution in [1.29, 1.82) is 0 Å². The van der Waals surface area contributed by atoms with Gasteiger partial charge in [0.2, 0.25) is 0 Å². The lowest BCUT2D eigenvalue weighted by Gasteiger charge is -2.23. The second-order valence-corrected chi connectivity index (χ2v) is 5.05. The van der Waals surface area contributed by atoms with E-state index in [1.54, 1.807) is 0 Å². The van der Waals surface area contributed by atoms with Crippen molar-refractivity contribution in [3.05, 3.63) is 46.5 Å². The van der Waals surface area contributed by atoms with Crippen molar-refractivity contribution in [3.8, 4) is 22.3 Å². The van der Waals surface area contributed by atoms with E-state index in [9.17, 15) is 39.6 Å². The van der Waals surface area contributed by atoms with Crippen molar-refractivity contribution >= 4 is 23.9 Å². The summed E-state index contributed by atoms with van der Waals surface area (Å²) >= 11 is 0. The van der Waals surface area contributed by atoms with Gasteiger partial charge in [0.25, 0.3) is 0 Å². The topological polar surface area (TPSA) is 149 Å². The lowest BCUT2D eigenvalue weighted by atomic mass is 9.78. The molecule has 2 aromatic rings. The molecular weight excluding hydrogens is 320 g/mol. The first-order valence-electron chi connectivity index (χ1n) is 6.53. The first-order valence-corrected chi connectivity index (χ1v) is 6.53. The molecule has 0 fully saturated rings. The molecule has 0 amide bonds. The predicted octanol–water partition coefficient (Wildman–Crippen LogP) is 2.13. The van der Waals surface area contributed by atoms with E-state index in [1.807, 2.05) is 0 Å². The Morgan fingerprint density at radius 3 is 0.875 bits per heavy atom. The Labute approximate surface area is 133 Å². The highest BCUT2D eigenvalue weighted by Gasteiger charge is 2.37. The Morgan fingerprint density at radius 2 is 0.708 bits per heavy atom. The number of hydrogen-bond donors (Lipinski definition) is 4. The van der Waals surface area contributed by atoms with E-state index < -0.39 is 57.3 Å². The van der Waals surface area contributed by atoms with E-state index in [0.29, 0.717) is 0 Å². The van der Waals surface area contributed by atoms with Gasteiger partial charge in [0, 0.05) is 11.1 Å². The summed E-state index contributed by atoms with van der Waals surface area (Å²) in [5, 5.41) is 37.8. The summed E-state index contributed by atoms with van der Waals surface area (Å²) in [4.78, 5) is 46.6. The maximum atomic E-state index is 11.7. The summed E-state index contributed by atoms with van der Waals surface area (Å²) in [6.45, 7) is 0. The van der Waals surface area contributed by atoms with E-state index >= 15 is 0 Å². The van der Waals surface area contributed by atoms with Crippen LogP contribution < -0.4 is 0 Å². The predicted molar refractivity (Wildman–Crippen MR) is 78.7 cm³/mol. The van der Waals surface area contributed by atoms with Crippen LogP contribution in [0.15, 0.2) is 24.3 Å². The Morgan fingerprint density at radius 1 is 0.500 bits per heavy atom. The molecule has 0 saturated heterocycles. The van der Waals surface area contributed by atoms with Crippen LogP contribution in [0.4, 0.5) is 0 Å². The van der Waals surface area contributed by atoms with Gasteiger partial charge in [-0.1, -0.05) is 24.3 Å². The van der Waals surface area contributed by atoms with Crippen molar-refractivity contribution in [3.63, 3.8) is 0 Å². The molecule has 4 N–H and O–H groups in total. The summed E-state index contributed by atoms with van der Waals surface area (Å²) < 4.78 is 0. The number of rotatable bonds is 4. The smallest absolute Gasteiger partial charge is 0.337 e. The van der Waals surface area contributed by atoms with Crippen LogP contribution in [-0.4, -0.2) is 44.3 Å². The van der Waals surface area contributed by atoms with Gasteiger partial charge in [0.1, 0.15) is 0 Å². The monoisotopic (exact) mass is 328 g/mol. The van der Waals surface area contributed by atoms with Gasteiger partial charge in [-0.05, 0) is 11.1 Å². The molecule has 4 aliphatic rings. The zero-order valence-corrected chi connectivity index (χ0v) is 11.7. The van der Waals surface area contributed by atoms with Gasteiger partial charge in [-0.25, -0.2) is 19.2 Å². The van der Waals surface area contributed by atoms with Gasteiger partial charge in [0.05, 0.1) is 22.3 Å². The van der Waals surface area contributed by atoms with E-state index in [2.05, 4.69) is 0 Å². The lowest BCUT2D eigenvalue weighted by Crippen LogP contribution is -2.22. The zero-order chi connectivity index (χ0) is 17.8. The fourth-order valence-corrected chi connectivity index (χ4v) is 2.99. The van der Waals surface area contributed by atoms with Crippen LogP contribution in [0.25, 0.3) is 22.3 Å². The maximum absolute atomic E-state index is 11.7. The molecule has 0 spiro atoms. The van der Waals surface area contributed by atoms with Gasteiger partial charge in [-0.3, -0.25) is 0 Å². The number of benzene rings is 2. The number of carbonyl (C=O) groups is 4. The third-order valence-electron chi connectivity index (χ3n) is 3.82. The first-order chi connectivity index (χ1) is 11.3. The Bertz CT molecular complexity index is 822. The molecular formula is C16H8O8. The summed E-state index contributed by atoms with van der Waals surface area (Å²) in [6, 6.07) is 5.70. The van der Waals surface area contributed by atoms with Crippen molar-refractivity contribution in [2.24, 2.45) is 0 Å². The molecule has 0 heterocycles. The largest absolute Gasteiger partial charge is 0.478 e. The van der Waals surface area contributed by atoms with Crippen molar-refractivity contribution in [2.75, 3.05) is 0 Å². The van der Waals surface area contributed by atoms with Crippen LogP contribution in [-0.2, 0) is 0 Å². The number of carboxylic acids is 4. The first kappa shape index (κ1) is 15.2. The molecule has 4 bridgehead atoms. The SMILES string of the molecule is O=C(O)c1c(C(=O)O)c2c(C(=O)O)c(C(=O)O)c1-c1ccc-2cc1. The fraction of sp³-hybridized carbons (Fsp3) is 0. The molecule has 2 aromatic carbocycles. The summed E-state index contributed by atoms with van der Waals surface area (Å²) in [5.41, 5.74) is -3.57. The van der Waals surface area contributed by atoms with E-state index in [-0.39, 0.29) is 11.1 Å². The van der Waals surface area contributed by atoms with Gasteiger partial charge < -0.3 is 20.4 Å². The van der Waals surface area contributed by atoms with Gasteiger partial charge in [0.15, 0.2) is 0 Å². The molecule has 4 aliphatic carbocycles. The van der Waals surface area contributed by atoms with Gasteiger partial charge in [-0.15, -0.1) is 0 Å². The molecule has 0 unspecified atom stereocenters. The molecule has 24 heavy (non-hydrogen) atoms. The van der Waals surface area contributed by atoms with Crippen LogP contribution in [0.5, 0.6) is 0 Å². The van der Waals surface area contributed by atoms with E-state index in [0.717, 1.165) is 0 Å². The molecule has 0 radical (unpaired) electrons. The molecule has 0 aliphatic heterocycles. The minimum Gasteiger partial charge on any atom is -0.478 e. The molecule has 0 atom stereocenters. The summed E-state index contributed by atoms with van der Waals surface area (Å²) in [7, 11) is 0. The molecule has 6 rings (SSSR count). The third kappa shape index (κ3) is 1.86. The summed E-state index contributed by atoms with van der Waals surface area (Å²) in [5.74, 6) is -6.59. The fourth-order valence-electron chi connectivity index (χ4n) is 2.99. The minimum atomic E-state index is -1.65. The van der Waals surface area contributed by atoms with Crippen LogP contribution in [0, 0.1) is 0 Å². The van der Waals surface area contributed by atoms with Crippen LogP contribution in [0.3, 0.4) is 0 Å². The molecule has 8 heteroatoms. The second-order valence-electron chi connectivity index (χ2n) is 5.05. The molecule has 8 nitrogen and oxygen atoms in total. The second kappa shape index (κ2) is 4.92. The van der Waals surface area contributed by atoms with Crippen molar-refractivity contribution < 1.29 is 39.6 Å². The van der Waals surface area contributed by atoms with Gasteiger partial charge in [-0.2, -0.15) is 0 Å². The quantitative estimate of drug-likeness (QED) is 0.569. The van der Waals surface area contributed by atoms with Gasteiger partial charge >= 0.3 is 23.9 Å². The molecule has 0 aromatic heterocycles. The minimum absolute atomic E-state index is 0.116. The Kier molecular flexibility index (Phi) is 3.12. The highest BCUT2D eigenvalue weighted by molar-refractivity contribution is 6.21. The van der Waals surface area contributed by atoms with Crippen molar-refractivity contribution in [2.45, 2.75) is 0 Å². The number of hydrogen-bond acceptors (Lipinski definition) is 4. The average molecular weight is 328 g/mol. The Balaban J connectivity index is 2.73. The highest BCUT2D eigenvalue weighted by atomic mass is 16.4. The normalized spacial score (nSPS) is 11.0. The van der Waals surface area contributed by atoms with Crippen LogP contribution in [0.1, 0.15) is 41.4 Å². The summed E-state index contributed by atoms with van der Waals surface area (Å²) in [6.07, 6.45) is 0. The zero-order valence-electron chi connectivity index (χ0n) is 11.7. The third-order valence-corrected chi connectivity index (χ3v) is 3.82.